The van der Waals surface area contributed by atoms with Crippen LogP contribution in [0.1, 0.15) is 19.8 Å². The van der Waals surface area contributed by atoms with Crippen molar-refractivity contribution in [2.75, 3.05) is 19.0 Å². The molecule has 1 rings (SSSR count). The van der Waals surface area contributed by atoms with Gasteiger partial charge in [-0.3, -0.25) is 9.59 Å². The molecule has 0 saturated carbocycles. The standard InChI is InChI=1S/C13H18N2O3/c1-3-6-12(16)14-9-13(17)15-10-7-4-5-8-11(10)18-2/h4-5,7-8H,3,6,9H2,1-2H3,(H,14,16)(H,15,17). The minimum atomic E-state index is -0.274. The highest BCUT2D eigenvalue weighted by Gasteiger charge is 2.07. The summed E-state index contributed by atoms with van der Waals surface area (Å²) in [7, 11) is 1.54. The predicted molar refractivity (Wildman–Crippen MR) is 69.5 cm³/mol. The molecule has 18 heavy (non-hydrogen) atoms. The minimum Gasteiger partial charge on any atom is -0.495 e. The number of benzene rings is 1. The molecule has 98 valence electrons. The molecule has 2 N–H and O–H groups in total. The number of rotatable bonds is 6. The van der Waals surface area contributed by atoms with Crippen LogP contribution in [0, 0.1) is 0 Å². The summed E-state index contributed by atoms with van der Waals surface area (Å²) in [6.45, 7) is 1.88. The van der Waals surface area contributed by atoms with Gasteiger partial charge < -0.3 is 15.4 Å². The Morgan fingerprint density at radius 2 is 1.94 bits per heavy atom. The molecule has 0 aliphatic rings. The van der Waals surface area contributed by atoms with Crippen LogP contribution in [-0.4, -0.2) is 25.5 Å². The first-order valence-electron chi connectivity index (χ1n) is 5.87. The zero-order chi connectivity index (χ0) is 13.4. The lowest BCUT2D eigenvalue weighted by atomic mass is 10.3. The maximum absolute atomic E-state index is 11.6. The van der Waals surface area contributed by atoms with E-state index in [4.69, 9.17) is 4.74 Å². The van der Waals surface area contributed by atoms with Gasteiger partial charge in [-0.25, -0.2) is 0 Å². The second kappa shape index (κ2) is 7.32. The van der Waals surface area contributed by atoms with E-state index in [1.807, 2.05) is 13.0 Å². The molecular formula is C13H18N2O3. The van der Waals surface area contributed by atoms with Crippen LogP contribution in [-0.2, 0) is 9.59 Å². The molecule has 0 aliphatic heterocycles. The lowest BCUT2D eigenvalue weighted by Gasteiger charge is -2.10. The quantitative estimate of drug-likeness (QED) is 0.805. The Balaban J connectivity index is 2.47. The molecule has 0 spiro atoms. The van der Waals surface area contributed by atoms with Crippen molar-refractivity contribution in [3.05, 3.63) is 24.3 Å². The van der Waals surface area contributed by atoms with Crippen LogP contribution in [0.15, 0.2) is 24.3 Å². The van der Waals surface area contributed by atoms with Gasteiger partial charge in [-0.1, -0.05) is 19.1 Å². The summed E-state index contributed by atoms with van der Waals surface area (Å²) in [5.74, 6) is 0.197. The lowest BCUT2D eigenvalue weighted by Crippen LogP contribution is -2.32. The van der Waals surface area contributed by atoms with Crippen molar-refractivity contribution in [2.24, 2.45) is 0 Å². The first-order valence-corrected chi connectivity index (χ1v) is 5.87. The number of carbonyl (C=O) groups is 2. The van der Waals surface area contributed by atoms with E-state index in [2.05, 4.69) is 10.6 Å². The predicted octanol–water partition coefficient (Wildman–Crippen LogP) is 1.55. The maximum atomic E-state index is 11.6. The number of methoxy groups -OCH3 is 1. The van der Waals surface area contributed by atoms with E-state index in [-0.39, 0.29) is 18.4 Å². The van der Waals surface area contributed by atoms with Crippen LogP contribution >= 0.6 is 0 Å². The summed E-state index contributed by atoms with van der Waals surface area (Å²) in [6.07, 6.45) is 1.20. The van der Waals surface area contributed by atoms with Gasteiger partial charge in [0.2, 0.25) is 11.8 Å². The molecule has 0 unspecified atom stereocenters. The van der Waals surface area contributed by atoms with Crippen molar-refractivity contribution in [3.63, 3.8) is 0 Å². The SMILES string of the molecule is CCCC(=O)NCC(=O)Nc1ccccc1OC. The third-order valence-electron chi connectivity index (χ3n) is 2.30. The number of anilines is 1. The fourth-order valence-corrected chi connectivity index (χ4v) is 1.44. The number of nitrogens with one attached hydrogen (secondary N) is 2. The summed E-state index contributed by atoms with van der Waals surface area (Å²) in [4.78, 5) is 22.8. The first-order chi connectivity index (χ1) is 8.67. The maximum Gasteiger partial charge on any atom is 0.243 e. The van der Waals surface area contributed by atoms with Crippen LogP contribution < -0.4 is 15.4 Å². The van der Waals surface area contributed by atoms with Crippen molar-refractivity contribution < 1.29 is 14.3 Å². The first kappa shape index (κ1) is 14.0. The molecule has 1 aromatic carbocycles. The van der Waals surface area contributed by atoms with Crippen LogP contribution in [0.4, 0.5) is 5.69 Å². The highest BCUT2D eigenvalue weighted by atomic mass is 16.5. The van der Waals surface area contributed by atoms with Gasteiger partial charge in [-0.2, -0.15) is 0 Å². The number of para-hydroxylation sites is 2. The zero-order valence-corrected chi connectivity index (χ0v) is 10.7. The fraction of sp³-hybridized carbons (Fsp3) is 0.385. The summed E-state index contributed by atoms with van der Waals surface area (Å²) >= 11 is 0. The van der Waals surface area contributed by atoms with E-state index in [1.54, 1.807) is 18.2 Å². The molecule has 0 bridgehead atoms. The van der Waals surface area contributed by atoms with Gasteiger partial charge in [0.15, 0.2) is 0 Å². The Hall–Kier alpha value is -2.04. The summed E-state index contributed by atoms with van der Waals surface area (Å²) in [5.41, 5.74) is 0.592. The lowest BCUT2D eigenvalue weighted by molar-refractivity contribution is -0.124. The van der Waals surface area contributed by atoms with Crippen LogP contribution in [0.2, 0.25) is 0 Å². The van der Waals surface area contributed by atoms with Crippen LogP contribution in [0.3, 0.4) is 0 Å². The molecule has 1 aromatic rings. The van der Waals surface area contributed by atoms with Crippen molar-refractivity contribution in [1.29, 1.82) is 0 Å². The van der Waals surface area contributed by atoms with E-state index in [0.717, 1.165) is 6.42 Å². The summed E-state index contributed by atoms with van der Waals surface area (Å²) in [6, 6.07) is 7.11. The highest BCUT2D eigenvalue weighted by molar-refractivity contribution is 5.95. The number of hydrogen-bond acceptors (Lipinski definition) is 3. The number of ether oxygens (including phenoxy) is 1. The van der Waals surface area contributed by atoms with E-state index in [9.17, 15) is 9.59 Å². The molecule has 0 heterocycles. The Morgan fingerprint density at radius 3 is 2.61 bits per heavy atom. The minimum absolute atomic E-state index is 0.0309. The number of carbonyl (C=O) groups excluding carboxylic acids is 2. The third-order valence-corrected chi connectivity index (χ3v) is 2.30. The molecule has 2 amide bonds. The second-order valence-electron chi connectivity index (χ2n) is 3.78. The van der Waals surface area contributed by atoms with Gasteiger partial charge in [-0.05, 0) is 18.6 Å². The van der Waals surface area contributed by atoms with Crippen molar-refractivity contribution >= 4 is 17.5 Å². The molecular weight excluding hydrogens is 232 g/mol. The van der Waals surface area contributed by atoms with Gasteiger partial charge >= 0.3 is 0 Å². The van der Waals surface area contributed by atoms with Gasteiger partial charge in [0.05, 0.1) is 19.3 Å². The van der Waals surface area contributed by atoms with Crippen LogP contribution in [0.5, 0.6) is 5.75 Å². The average Bonchev–Trinajstić information content (AvgIpc) is 2.37. The van der Waals surface area contributed by atoms with Gasteiger partial charge in [0.25, 0.3) is 0 Å². The second-order valence-corrected chi connectivity index (χ2v) is 3.78. The van der Waals surface area contributed by atoms with Crippen molar-refractivity contribution in [2.45, 2.75) is 19.8 Å². The largest absolute Gasteiger partial charge is 0.495 e. The topological polar surface area (TPSA) is 67.4 Å². The smallest absolute Gasteiger partial charge is 0.243 e. The monoisotopic (exact) mass is 250 g/mol. The molecule has 5 heteroatoms. The van der Waals surface area contributed by atoms with Crippen LogP contribution in [0.25, 0.3) is 0 Å². The van der Waals surface area contributed by atoms with Gasteiger partial charge in [0, 0.05) is 6.42 Å². The molecule has 0 aliphatic carbocycles. The Labute approximate surface area is 107 Å². The number of amides is 2. The molecule has 0 fully saturated rings. The Kier molecular flexibility index (Phi) is 5.70. The van der Waals surface area contributed by atoms with Gasteiger partial charge in [-0.15, -0.1) is 0 Å². The normalized spacial score (nSPS) is 9.67. The summed E-state index contributed by atoms with van der Waals surface area (Å²) < 4.78 is 5.11. The molecule has 5 nitrogen and oxygen atoms in total. The Bertz CT molecular complexity index is 418. The van der Waals surface area contributed by atoms with E-state index >= 15 is 0 Å². The molecule has 0 aromatic heterocycles. The number of hydrogen-bond donors (Lipinski definition) is 2. The van der Waals surface area contributed by atoms with Gasteiger partial charge in [0.1, 0.15) is 5.75 Å². The fourth-order valence-electron chi connectivity index (χ4n) is 1.44. The third kappa shape index (κ3) is 4.45. The Morgan fingerprint density at radius 1 is 1.22 bits per heavy atom. The molecule has 0 atom stereocenters. The molecule has 0 saturated heterocycles. The van der Waals surface area contributed by atoms with E-state index < -0.39 is 0 Å². The average molecular weight is 250 g/mol. The van der Waals surface area contributed by atoms with Crippen molar-refractivity contribution in [3.8, 4) is 5.75 Å². The van der Waals surface area contributed by atoms with Crippen molar-refractivity contribution in [1.82, 2.24) is 5.32 Å². The zero-order valence-electron chi connectivity index (χ0n) is 10.7. The van der Waals surface area contributed by atoms with E-state index in [0.29, 0.717) is 17.9 Å². The van der Waals surface area contributed by atoms with E-state index in [1.165, 1.54) is 7.11 Å². The molecule has 0 radical (unpaired) electrons. The highest BCUT2D eigenvalue weighted by Crippen LogP contribution is 2.22. The summed E-state index contributed by atoms with van der Waals surface area (Å²) in [5, 5.41) is 5.23.